The minimum absolute atomic E-state index is 0.205. The van der Waals surface area contributed by atoms with Gasteiger partial charge in [-0.25, -0.2) is 58.6 Å². The lowest BCUT2D eigenvalue weighted by Crippen LogP contribution is -2.20. The number of rotatable bonds is 27. The van der Waals surface area contributed by atoms with E-state index in [4.69, 9.17) is 90.3 Å². The van der Waals surface area contributed by atoms with Crippen molar-refractivity contribution in [2.45, 2.75) is 96.9 Å². The third-order valence-electron chi connectivity index (χ3n) is 25.5. The van der Waals surface area contributed by atoms with Crippen LogP contribution in [-0.4, -0.2) is 119 Å². The highest BCUT2D eigenvalue weighted by Gasteiger charge is 2.29. The molecule has 11 heterocycles. The van der Waals surface area contributed by atoms with E-state index in [9.17, 15) is 5.26 Å². The molecule has 32 nitrogen and oxygen atoms in total. The zero-order valence-electron chi connectivity index (χ0n) is 81.0. The zero-order chi connectivity index (χ0) is 100. The van der Waals surface area contributed by atoms with Crippen molar-refractivity contribution < 1.29 is 52.1 Å². The normalized spacial score (nSPS) is 13.3. The van der Waals surface area contributed by atoms with E-state index in [1.54, 1.807) is 16.8 Å². The summed E-state index contributed by atoms with van der Waals surface area (Å²) in [6, 6.07) is 98.1. The number of ether oxygens (including phenoxy) is 11. The molecule has 0 spiro atoms. The summed E-state index contributed by atoms with van der Waals surface area (Å²) in [6.07, 6.45) is 11.2. The van der Waals surface area contributed by atoms with Crippen molar-refractivity contribution in [3.8, 4) is 120 Å². The van der Waals surface area contributed by atoms with Crippen molar-refractivity contribution in [2.24, 2.45) is 7.05 Å². The highest BCUT2D eigenvalue weighted by molar-refractivity contribution is 6.01. The summed E-state index contributed by atoms with van der Waals surface area (Å²) >= 11 is 0. The SMILES string of the molecule is Cc1ccccc1COc1cccc(Oc2ccc(-c3nn(C)c4ncnc(N)c34)cc2)c1.Cc1ccccc1COc1cccc(Oc2ccc(-c3nn(C4CCOCC4)c4ncnc(N)c34)cc2)c1.N#Cc1ccccc1OCc1cccc(Oc2ccc(-c3nn(C4CCOCC4)c4ncnc(N)c34)cc2)c1.Nc1ncnc2c1c(-c1ccc(Oc3cccc(OCc4ccccc4)c3)cc1)nn2C1CCOCC1. The van der Waals surface area contributed by atoms with E-state index in [0.29, 0.717) is 152 Å². The maximum Gasteiger partial charge on any atom is 0.164 e. The monoisotopic (exact) mass is 1960 g/mol. The van der Waals surface area contributed by atoms with Crippen molar-refractivity contribution in [3.05, 3.63) is 362 Å². The zero-order valence-corrected chi connectivity index (χ0v) is 81.0. The number of nitrogen functional groups attached to an aromatic ring is 4. The Balaban J connectivity index is 0.000000119. The Labute approximate surface area is 847 Å². The summed E-state index contributed by atoms with van der Waals surface area (Å²) in [5, 5.41) is 31.7. The number of benzene rings is 12. The van der Waals surface area contributed by atoms with Crippen LogP contribution in [0.25, 0.3) is 89.2 Å². The van der Waals surface area contributed by atoms with Crippen LogP contribution in [0.3, 0.4) is 0 Å². The summed E-state index contributed by atoms with van der Waals surface area (Å²) < 4.78 is 72.4. The van der Waals surface area contributed by atoms with Gasteiger partial charge in [-0.05, 0) is 243 Å². The first-order chi connectivity index (χ1) is 72.2. The van der Waals surface area contributed by atoms with Gasteiger partial charge in [-0.3, -0.25) is 0 Å². The summed E-state index contributed by atoms with van der Waals surface area (Å²) in [5.41, 5.74) is 41.8. The topological polar surface area (TPSA) is 404 Å². The lowest BCUT2D eigenvalue weighted by Gasteiger charge is -2.22. The third-order valence-corrected chi connectivity index (χ3v) is 25.5. The first-order valence-electron chi connectivity index (χ1n) is 48.5. The number of anilines is 4. The Morgan fingerprint density at radius 2 is 0.605 bits per heavy atom. The van der Waals surface area contributed by atoms with Gasteiger partial charge in [0.1, 0.15) is 173 Å². The molecule has 8 N–H and O–H groups in total. The predicted octanol–water partition coefficient (Wildman–Crippen LogP) is 22.9. The second kappa shape index (κ2) is 45.4. The number of nitriles is 1. The molecule has 12 aromatic carbocycles. The van der Waals surface area contributed by atoms with Gasteiger partial charge in [0.25, 0.3) is 0 Å². The van der Waals surface area contributed by atoms with Gasteiger partial charge in [0, 0.05) is 87.1 Å². The number of hydrogen-bond donors (Lipinski definition) is 4. The van der Waals surface area contributed by atoms with E-state index in [1.165, 1.54) is 36.4 Å². The van der Waals surface area contributed by atoms with Crippen LogP contribution in [0, 0.1) is 25.2 Å². The molecule has 0 aliphatic carbocycles. The van der Waals surface area contributed by atoms with E-state index in [-0.39, 0.29) is 18.1 Å². The van der Waals surface area contributed by atoms with Crippen LogP contribution in [0.4, 0.5) is 23.3 Å². The molecule has 0 amide bonds. The van der Waals surface area contributed by atoms with E-state index in [2.05, 4.69) is 89.2 Å². The van der Waals surface area contributed by atoms with Crippen LogP contribution in [0.15, 0.2) is 323 Å². The largest absolute Gasteiger partial charge is 0.489 e. The first-order valence-corrected chi connectivity index (χ1v) is 48.5. The maximum atomic E-state index is 9.27. The first kappa shape index (κ1) is 96.3. The third kappa shape index (κ3) is 23.0. The van der Waals surface area contributed by atoms with Crippen LogP contribution in [0.5, 0.6) is 69.0 Å². The predicted molar refractivity (Wildman–Crippen MR) is 562 cm³/mol. The molecule has 20 aromatic rings. The number of aryl methyl sites for hydroxylation is 3. The second-order valence-electron chi connectivity index (χ2n) is 35.4. The number of nitrogens with two attached hydrogens (primary N) is 4. The number of fused-ring (bicyclic) bond motifs is 4. The highest BCUT2D eigenvalue weighted by Crippen LogP contribution is 2.42. The number of para-hydroxylation sites is 1. The minimum Gasteiger partial charge on any atom is -0.489 e. The number of hydrogen-bond acceptors (Lipinski definition) is 28. The fourth-order valence-electron chi connectivity index (χ4n) is 17.8. The Kier molecular flexibility index (Phi) is 29.7. The standard InChI is InChI=1S/C30H26N6O3.C30H29N5O3.C29H27N5O3.C26H23N5O2/c31-17-22-5-1-2-7-26(22)38-18-20-4-3-6-25(16-20)39-24-10-8-21(9-11-24)28-27-29(32)33-19-34-30(27)36(35-28)23-12-14-37-15-13-23;1-20-5-2-3-6-22(20)18-37-25-7-4-8-26(17-25)38-24-11-9-21(10-12-24)28-27-29(31)32-19-33-30(27)35(34-28)23-13-15-36-16-14-23;30-28-26-27(33-34(29(26)32-19-31-28)22-13-15-35-16-14-22)21-9-11-23(12-10-21)37-25-8-4-7-24(17-25)36-18-20-5-2-1-3-6-20;1-17-6-3-4-7-19(17)15-32-21-8-5-9-22(14-21)33-20-12-10-18(11-13-20)24-23-25(27)28-16-29-26(23)31(2)30-24/h1-11,16,19,23H,12-15,18H2,(H2,32,33,34);2-12,17,19,23H,13-16,18H2,1H3,(H2,31,32,33);1-12,17,19,22H,13-16,18H2,(H2,30,31,32);3-14,16H,15H2,1-2H3,(H2,27,28,29). The van der Waals surface area contributed by atoms with Crippen molar-refractivity contribution in [2.75, 3.05) is 62.6 Å². The summed E-state index contributed by atoms with van der Waals surface area (Å²) in [7, 11) is 1.84. The molecule has 0 bridgehead atoms. The molecule has 8 aromatic heterocycles. The van der Waals surface area contributed by atoms with Crippen molar-refractivity contribution in [3.63, 3.8) is 0 Å². The molecule has 3 saturated heterocycles. The molecular weight excluding hydrogens is 1850 g/mol. The van der Waals surface area contributed by atoms with Crippen LogP contribution in [0.1, 0.15) is 95.6 Å². The summed E-state index contributed by atoms with van der Waals surface area (Å²) in [6.45, 7) is 10.3. The average molecular weight is 1960 g/mol. The van der Waals surface area contributed by atoms with Crippen molar-refractivity contribution in [1.82, 2.24) is 79.0 Å². The van der Waals surface area contributed by atoms with Crippen LogP contribution >= 0.6 is 0 Å². The van der Waals surface area contributed by atoms with E-state index in [1.807, 2.05) is 282 Å². The molecule has 0 atom stereocenters. The molecule has 3 aliphatic heterocycles. The Morgan fingerprint density at radius 3 is 0.986 bits per heavy atom. The minimum atomic E-state index is 0.205. The van der Waals surface area contributed by atoms with Crippen LogP contribution in [-0.2, 0) is 47.7 Å². The maximum absolute atomic E-state index is 9.27. The van der Waals surface area contributed by atoms with Gasteiger partial charge in [-0.2, -0.15) is 25.7 Å². The number of aromatic nitrogens is 16. The van der Waals surface area contributed by atoms with Gasteiger partial charge >= 0.3 is 0 Å². The fraction of sp³-hybridized carbons (Fsp3) is 0.191. The molecule has 3 fully saturated rings. The van der Waals surface area contributed by atoms with Gasteiger partial charge in [0.15, 0.2) is 22.6 Å². The van der Waals surface area contributed by atoms with Crippen LogP contribution in [0.2, 0.25) is 0 Å². The van der Waals surface area contributed by atoms with Gasteiger partial charge in [-0.15, -0.1) is 0 Å². The molecule has 147 heavy (non-hydrogen) atoms. The second-order valence-corrected chi connectivity index (χ2v) is 35.4. The molecule has 0 unspecified atom stereocenters. The molecule has 3 aliphatic rings. The van der Waals surface area contributed by atoms with Gasteiger partial charge < -0.3 is 75.0 Å². The highest BCUT2D eigenvalue weighted by atomic mass is 16.5. The Morgan fingerprint density at radius 1 is 0.299 bits per heavy atom. The average Bonchev–Trinajstić information content (AvgIpc) is 1.62. The Hall–Kier alpha value is -18.2. The lowest BCUT2D eigenvalue weighted by atomic mass is 10.1. The molecule has 23 rings (SSSR count). The van der Waals surface area contributed by atoms with Crippen molar-refractivity contribution >= 4 is 67.4 Å². The van der Waals surface area contributed by atoms with E-state index < -0.39 is 0 Å². The molecule has 0 radical (unpaired) electrons. The molecule has 736 valence electrons. The molecule has 32 heteroatoms. The van der Waals surface area contributed by atoms with Crippen LogP contribution < -0.4 is 60.8 Å². The van der Waals surface area contributed by atoms with Crippen molar-refractivity contribution in [1.29, 1.82) is 5.26 Å². The summed E-state index contributed by atoms with van der Waals surface area (Å²) in [5.74, 6) is 10.1. The Bertz CT molecular complexity index is 8000. The molecule has 0 saturated carbocycles. The van der Waals surface area contributed by atoms with Gasteiger partial charge in [0.2, 0.25) is 0 Å². The molecular formula is C115H105N21O11. The number of nitrogens with zero attached hydrogens (tertiary/aromatic N) is 17. The van der Waals surface area contributed by atoms with E-state index in [0.717, 1.165) is 162 Å². The smallest absolute Gasteiger partial charge is 0.164 e. The quantitative estimate of drug-likeness (QED) is 0.0371. The van der Waals surface area contributed by atoms with Gasteiger partial charge in [-0.1, -0.05) is 121 Å². The summed E-state index contributed by atoms with van der Waals surface area (Å²) in [4.78, 5) is 34.6. The van der Waals surface area contributed by atoms with Gasteiger partial charge in [0.05, 0.1) is 45.2 Å². The lowest BCUT2D eigenvalue weighted by molar-refractivity contribution is 0.0673. The van der Waals surface area contributed by atoms with E-state index >= 15 is 0 Å². The fourth-order valence-corrected chi connectivity index (χ4v) is 17.8.